The largest absolute Gasteiger partial charge is 0.425 e. The van der Waals surface area contributed by atoms with E-state index in [1.165, 1.54) is 11.6 Å². The Hall–Kier alpha value is -2.03. The lowest BCUT2D eigenvalue weighted by Gasteiger charge is -2.27. The lowest BCUT2D eigenvalue weighted by Crippen LogP contribution is -2.24. The molecule has 92 valence electrons. The predicted molar refractivity (Wildman–Crippen MR) is 70.2 cm³/mol. The van der Waals surface area contributed by atoms with Crippen molar-refractivity contribution in [3.05, 3.63) is 57.4 Å². The summed E-state index contributed by atoms with van der Waals surface area (Å²) in [5, 5.41) is 10.0. The van der Waals surface area contributed by atoms with E-state index in [0.717, 1.165) is 27.8 Å². The first kappa shape index (κ1) is 11.1. The van der Waals surface area contributed by atoms with Gasteiger partial charge in [0.05, 0.1) is 5.69 Å². The summed E-state index contributed by atoms with van der Waals surface area (Å²) in [5.74, 6) is 0.407. The molecule has 0 amide bonds. The third kappa shape index (κ3) is 1.40. The Bertz CT molecular complexity index is 685. The van der Waals surface area contributed by atoms with Crippen LogP contribution in [0.4, 0.5) is 0 Å². The number of hydrogen-bond acceptors (Lipinski definition) is 2. The van der Waals surface area contributed by atoms with Gasteiger partial charge in [0.1, 0.15) is 0 Å². The highest BCUT2D eigenvalue weighted by Crippen LogP contribution is 2.39. The summed E-state index contributed by atoms with van der Waals surface area (Å²) in [7, 11) is 0. The molecule has 0 saturated carbocycles. The van der Waals surface area contributed by atoms with Crippen molar-refractivity contribution in [1.29, 1.82) is 0 Å². The first-order valence-electron chi connectivity index (χ1n) is 6.13. The standard InChI is InChI=1S/C15H15NO2/c1-9-7-13-10(2)8-14(17)16(18)15(13)12-6-4-3-5-11(9)12/h3-6,8-9,18H,7H2,1-2H3. The van der Waals surface area contributed by atoms with Gasteiger partial charge in [-0.25, -0.2) is 0 Å². The number of pyridine rings is 1. The molecular formula is C15H15NO2. The Labute approximate surface area is 105 Å². The SMILES string of the molecule is Cc1cc(=O)n(O)c2c1CC(C)c1ccccc1-2. The summed E-state index contributed by atoms with van der Waals surface area (Å²) < 4.78 is 0.785. The number of aromatic nitrogens is 1. The molecule has 18 heavy (non-hydrogen) atoms. The number of hydrogen-bond donors (Lipinski definition) is 1. The Balaban J connectivity index is 2.43. The van der Waals surface area contributed by atoms with Gasteiger partial charge in [-0.05, 0) is 36.0 Å². The van der Waals surface area contributed by atoms with Gasteiger partial charge in [0.15, 0.2) is 0 Å². The number of fused-ring (bicyclic) bond motifs is 3. The van der Waals surface area contributed by atoms with Crippen LogP contribution in [0.5, 0.6) is 0 Å². The number of aryl methyl sites for hydroxylation is 1. The van der Waals surface area contributed by atoms with E-state index in [9.17, 15) is 10.0 Å². The maximum absolute atomic E-state index is 11.7. The second kappa shape index (κ2) is 3.73. The highest BCUT2D eigenvalue weighted by Gasteiger charge is 2.26. The van der Waals surface area contributed by atoms with Crippen molar-refractivity contribution < 1.29 is 5.21 Å². The Morgan fingerprint density at radius 3 is 2.83 bits per heavy atom. The van der Waals surface area contributed by atoms with Gasteiger partial charge in [-0.3, -0.25) is 4.79 Å². The fourth-order valence-electron chi connectivity index (χ4n) is 2.85. The number of nitrogens with zero attached hydrogens (tertiary/aromatic N) is 1. The number of benzene rings is 1. The van der Waals surface area contributed by atoms with Crippen LogP contribution < -0.4 is 5.56 Å². The van der Waals surface area contributed by atoms with Gasteiger partial charge in [0.2, 0.25) is 0 Å². The third-order valence-electron chi connectivity index (χ3n) is 3.78. The first-order valence-corrected chi connectivity index (χ1v) is 6.13. The third-order valence-corrected chi connectivity index (χ3v) is 3.78. The molecule has 0 saturated heterocycles. The van der Waals surface area contributed by atoms with Gasteiger partial charge >= 0.3 is 0 Å². The maximum Gasteiger partial charge on any atom is 0.283 e. The van der Waals surface area contributed by atoms with E-state index in [-0.39, 0.29) is 5.56 Å². The molecule has 0 aliphatic heterocycles. The van der Waals surface area contributed by atoms with Gasteiger partial charge in [-0.15, -0.1) is 4.73 Å². The number of rotatable bonds is 0. The van der Waals surface area contributed by atoms with Crippen molar-refractivity contribution in [1.82, 2.24) is 4.73 Å². The van der Waals surface area contributed by atoms with Gasteiger partial charge in [-0.1, -0.05) is 31.2 Å². The van der Waals surface area contributed by atoms with Gasteiger partial charge < -0.3 is 5.21 Å². The molecule has 3 heteroatoms. The summed E-state index contributed by atoms with van der Waals surface area (Å²) in [6.07, 6.45) is 0.860. The van der Waals surface area contributed by atoms with Crippen LogP contribution in [0, 0.1) is 6.92 Å². The molecule has 3 nitrogen and oxygen atoms in total. The minimum absolute atomic E-state index is 0.365. The van der Waals surface area contributed by atoms with E-state index in [1.54, 1.807) is 0 Å². The molecule has 1 aromatic carbocycles. The fourth-order valence-corrected chi connectivity index (χ4v) is 2.85. The van der Waals surface area contributed by atoms with Crippen LogP contribution in [0.1, 0.15) is 29.5 Å². The lowest BCUT2D eigenvalue weighted by molar-refractivity contribution is 0.178. The van der Waals surface area contributed by atoms with Crippen molar-refractivity contribution in [3.8, 4) is 11.3 Å². The van der Waals surface area contributed by atoms with Gasteiger partial charge in [-0.2, -0.15) is 0 Å². The summed E-state index contributed by atoms with van der Waals surface area (Å²) in [5.41, 5.74) is 4.49. The molecule has 1 unspecified atom stereocenters. The average molecular weight is 241 g/mol. The van der Waals surface area contributed by atoms with Crippen LogP contribution in [0.2, 0.25) is 0 Å². The predicted octanol–water partition coefficient (Wildman–Crippen LogP) is 2.72. The monoisotopic (exact) mass is 241 g/mol. The highest BCUT2D eigenvalue weighted by atomic mass is 16.5. The molecule has 3 rings (SSSR count). The summed E-state index contributed by atoms with van der Waals surface area (Å²) in [6, 6.07) is 9.47. The summed E-state index contributed by atoms with van der Waals surface area (Å²) in [4.78, 5) is 11.7. The van der Waals surface area contributed by atoms with Crippen LogP contribution in [0.3, 0.4) is 0 Å². The normalized spacial score (nSPS) is 17.1. The van der Waals surface area contributed by atoms with Crippen LogP contribution in [-0.4, -0.2) is 9.94 Å². The quantitative estimate of drug-likeness (QED) is 0.720. The zero-order valence-electron chi connectivity index (χ0n) is 10.5. The zero-order chi connectivity index (χ0) is 12.9. The molecule has 0 radical (unpaired) electrons. The smallest absolute Gasteiger partial charge is 0.283 e. The van der Waals surface area contributed by atoms with E-state index >= 15 is 0 Å². The molecule has 1 atom stereocenters. The first-order chi connectivity index (χ1) is 8.59. The van der Waals surface area contributed by atoms with Crippen LogP contribution in [0.15, 0.2) is 35.1 Å². The Morgan fingerprint density at radius 1 is 1.33 bits per heavy atom. The van der Waals surface area contributed by atoms with Crippen molar-refractivity contribution in [2.75, 3.05) is 0 Å². The van der Waals surface area contributed by atoms with Crippen molar-refractivity contribution >= 4 is 0 Å². The lowest BCUT2D eigenvalue weighted by atomic mass is 9.80. The maximum atomic E-state index is 11.7. The zero-order valence-corrected chi connectivity index (χ0v) is 10.5. The van der Waals surface area contributed by atoms with Crippen LogP contribution >= 0.6 is 0 Å². The van der Waals surface area contributed by atoms with E-state index in [0.29, 0.717) is 11.6 Å². The van der Waals surface area contributed by atoms with E-state index in [2.05, 4.69) is 13.0 Å². The summed E-state index contributed by atoms with van der Waals surface area (Å²) in [6.45, 7) is 4.11. The van der Waals surface area contributed by atoms with E-state index in [4.69, 9.17) is 0 Å². The minimum atomic E-state index is -0.365. The molecule has 2 aromatic rings. The van der Waals surface area contributed by atoms with Crippen molar-refractivity contribution in [2.24, 2.45) is 0 Å². The molecular weight excluding hydrogens is 226 g/mol. The minimum Gasteiger partial charge on any atom is -0.425 e. The van der Waals surface area contributed by atoms with Crippen LogP contribution in [0.25, 0.3) is 11.3 Å². The second-order valence-corrected chi connectivity index (χ2v) is 5.00. The molecule has 0 fully saturated rings. The fraction of sp³-hybridized carbons (Fsp3) is 0.267. The van der Waals surface area contributed by atoms with E-state index < -0.39 is 0 Å². The van der Waals surface area contributed by atoms with Crippen LogP contribution in [-0.2, 0) is 6.42 Å². The Kier molecular flexibility index (Phi) is 2.30. The van der Waals surface area contributed by atoms with Gasteiger partial charge in [0.25, 0.3) is 5.56 Å². The average Bonchev–Trinajstić information content (AvgIpc) is 2.36. The molecule has 1 aliphatic rings. The Morgan fingerprint density at radius 2 is 2.06 bits per heavy atom. The molecule has 1 N–H and O–H groups in total. The molecule has 1 aliphatic carbocycles. The topological polar surface area (TPSA) is 42.2 Å². The van der Waals surface area contributed by atoms with Gasteiger partial charge in [0, 0.05) is 11.6 Å². The molecule has 0 spiro atoms. The second-order valence-electron chi connectivity index (χ2n) is 5.00. The van der Waals surface area contributed by atoms with E-state index in [1.807, 2.05) is 25.1 Å². The van der Waals surface area contributed by atoms with Crippen molar-refractivity contribution in [3.63, 3.8) is 0 Å². The molecule has 0 bridgehead atoms. The highest BCUT2D eigenvalue weighted by molar-refractivity contribution is 5.71. The molecule has 1 heterocycles. The van der Waals surface area contributed by atoms with Crippen molar-refractivity contribution in [2.45, 2.75) is 26.2 Å². The summed E-state index contributed by atoms with van der Waals surface area (Å²) >= 11 is 0. The molecule has 1 aromatic heterocycles.